The first kappa shape index (κ1) is 11.1. The van der Waals surface area contributed by atoms with E-state index in [1.807, 2.05) is 13.8 Å². The molecule has 0 bridgehead atoms. The number of ketones is 1. The summed E-state index contributed by atoms with van der Waals surface area (Å²) in [6.45, 7) is 7.59. The van der Waals surface area contributed by atoms with Crippen LogP contribution in [0, 0.1) is 20.9 Å². The Hall–Kier alpha value is -0.930. The molecule has 1 aliphatic carbocycles. The van der Waals surface area contributed by atoms with Gasteiger partial charge in [0.15, 0.2) is 0 Å². The van der Waals surface area contributed by atoms with E-state index in [9.17, 15) is 14.9 Å². The minimum Gasteiger partial charge on any atom is -0.292 e. The summed E-state index contributed by atoms with van der Waals surface area (Å²) in [6, 6.07) is -1.02. The van der Waals surface area contributed by atoms with E-state index in [1.165, 1.54) is 0 Å². The molecule has 0 aromatic rings. The van der Waals surface area contributed by atoms with Crippen LogP contribution < -0.4 is 0 Å². The molecule has 1 fully saturated rings. The highest BCUT2D eigenvalue weighted by Crippen LogP contribution is 2.45. The van der Waals surface area contributed by atoms with Crippen molar-refractivity contribution in [1.82, 2.24) is 0 Å². The van der Waals surface area contributed by atoms with E-state index in [1.54, 1.807) is 13.8 Å². The van der Waals surface area contributed by atoms with Gasteiger partial charge < -0.3 is 0 Å². The smallest absolute Gasteiger partial charge is 0.275 e. The third kappa shape index (κ3) is 1.94. The molecule has 0 spiro atoms. The van der Waals surface area contributed by atoms with Crippen molar-refractivity contribution in [2.45, 2.75) is 46.6 Å². The van der Waals surface area contributed by atoms with Crippen LogP contribution in [-0.4, -0.2) is 16.7 Å². The predicted octanol–water partition coefficient (Wildman–Crippen LogP) is 2.05. The van der Waals surface area contributed by atoms with Crippen molar-refractivity contribution >= 4 is 5.78 Å². The lowest BCUT2D eigenvalue weighted by molar-refractivity contribution is -0.528. The second kappa shape index (κ2) is 3.04. The quantitative estimate of drug-likeness (QED) is 0.479. The van der Waals surface area contributed by atoms with Crippen LogP contribution >= 0.6 is 0 Å². The van der Waals surface area contributed by atoms with E-state index in [4.69, 9.17) is 0 Å². The zero-order chi connectivity index (χ0) is 11.1. The van der Waals surface area contributed by atoms with Gasteiger partial charge in [0.2, 0.25) is 5.78 Å². The Morgan fingerprint density at radius 3 is 2.21 bits per heavy atom. The van der Waals surface area contributed by atoms with Crippen LogP contribution in [0.2, 0.25) is 0 Å². The van der Waals surface area contributed by atoms with Crippen molar-refractivity contribution in [3.05, 3.63) is 10.1 Å². The average Bonchev–Trinajstić information content (AvgIpc) is 1.75. The maximum atomic E-state index is 11.6. The Morgan fingerprint density at radius 1 is 1.36 bits per heavy atom. The molecule has 0 aromatic carbocycles. The van der Waals surface area contributed by atoms with Gasteiger partial charge in [-0.2, -0.15) is 0 Å². The Labute approximate surface area is 83.8 Å². The molecular weight excluding hydrogens is 182 g/mol. The number of hydrogen-bond donors (Lipinski definition) is 0. The fourth-order valence-corrected chi connectivity index (χ4v) is 2.80. The monoisotopic (exact) mass is 199 g/mol. The normalized spacial score (nSPS) is 30.0. The van der Waals surface area contributed by atoms with Gasteiger partial charge in [-0.3, -0.25) is 14.9 Å². The van der Waals surface area contributed by atoms with Crippen molar-refractivity contribution in [2.75, 3.05) is 0 Å². The lowest BCUT2D eigenvalue weighted by Crippen LogP contribution is -2.50. The Morgan fingerprint density at radius 2 is 1.86 bits per heavy atom. The summed E-state index contributed by atoms with van der Waals surface area (Å²) in [7, 11) is 0. The Balaban J connectivity index is 3.01. The topological polar surface area (TPSA) is 60.2 Å². The molecule has 4 nitrogen and oxygen atoms in total. The first-order valence-corrected chi connectivity index (χ1v) is 4.82. The van der Waals surface area contributed by atoms with Gasteiger partial charge in [0.1, 0.15) is 0 Å². The standard InChI is InChI=1S/C10H17NO3/c1-9(2)5-7(12)8(11(13)14)10(3,4)6-9/h8H,5-6H2,1-4H3/t8-/m1/s1. The molecule has 14 heavy (non-hydrogen) atoms. The molecule has 1 atom stereocenters. The van der Waals surface area contributed by atoms with Gasteiger partial charge in [-0.15, -0.1) is 0 Å². The minimum atomic E-state index is -1.02. The first-order chi connectivity index (χ1) is 6.16. The van der Waals surface area contributed by atoms with Gasteiger partial charge >= 0.3 is 0 Å². The molecule has 80 valence electrons. The van der Waals surface area contributed by atoms with Crippen molar-refractivity contribution < 1.29 is 9.72 Å². The highest BCUT2D eigenvalue weighted by molar-refractivity contribution is 5.85. The van der Waals surface area contributed by atoms with Crippen LogP contribution in [-0.2, 0) is 4.79 Å². The van der Waals surface area contributed by atoms with Crippen LogP contribution in [0.4, 0.5) is 0 Å². The highest BCUT2D eigenvalue weighted by atomic mass is 16.6. The minimum absolute atomic E-state index is 0.104. The lowest BCUT2D eigenvalue weighted by atomic mass is 9.62. The summed E-state index contributed by atoms with van der Waals surface area (Å²) in [5.41, 5.74) is -0.630. The van der Waals surface area contributed by atoms with Gasteiger partial charge in [0.25, 0.3) is 6.04 Å². The Bertz CT molecular complexity index is 281. The lowest BCUT2D eigenvalue weighted by Gasteiger charge is -2.40. The van der Waals surface area contributed by atoms with E-state index < -0.39 is 16.4 Å². The van der Waals surface area contributed by atoms with Gasteiger partial charge in [0.05, 0.1) is 0 Å². The van der Waals surface area contributed by atoms with Crippen LogP contribution in [0.15, 0.2) is 0 Å². The predicted molar refractivity (Wildman–Crippen MR) is 52.6 cm³/mol. The molecule has 4 heteroatoms. The molecule has 0 amide bonds. The Kier molecular flexibility index (Phi) is 2.42. The molecule has 0 heterocycles. The zero-order valence-electron chi connectivity index (χ0n) is 9.16. The average molecular weight is 199 g/mol. The SMILES string of the molecule is CC1(C)CC(=O)[C@@H]([N+](=O)[O-])C(C)(C)C1. The molecule has 1 aliphatic rings. The zero-order valence-corrected chi connectivity index (χ0v) is 9.16. The molecule has 1 saturated carbocycles. The number of Topliss-reactive ketones (excluding diaryl/α,β-unsaturated/α-hetero) is 1. The van der Waals surface area contributed by atoms with Crippen molar-refractivity contribution in [3.63, 3.8) is 0 Å². The van der Waals surface area contributed by atoms with Gasteiger partial charge in [-0.05, 0) is 11.8 Å². The van der Waals surface area contributed by atoms with E-state index in [2.05, 4.69) is 0 Å². The second-order valence-corrected chi connectivity index (χ2v) is 5.66. The van der Waals surface area contributed by atoms with Crippen molar-refractivity contribution in [2.24, 2.45) is 10.8 Å². The van der Waals surface area contributed by atoms with E-state index in [0.29, 0.717) is 6.42 Å². The van der Waals surface area contributed by atoms with E-state index >= 15 is 0 Å². The maximum Gasteiger partial charge on any atom is 0.275 e. The summed E-state index contributed by atoms with van der Waals surface area (Å²) in [4.78, 5) is 22.0. The first-order valence-electron chi connectivity index (χ1n) is 4.82. The summed E-state index contributed by atoms with van der Waals surface area (Å²) in [6.07, 6.45) is 1.04. The molecule has 0 radical (unpaired) electrons. The van der Waals surface area contributed by atoms with Crippen molar-refractivity contribution in [3.8, 4) is 0 Å². The second-order valence-electron chi connectivity index (χ2n) is 5.66. The number of nitro groups is 1. The van der Waals surface area contributed by atoms with Crippen molar-refractivity contribution in [1.29, 1.82) is 0 Å². The molecule has 0 unspecified atom stereocenters. The van der Waals surface area contributed by atoms with E-state index in [0.717, 1.165) is 6.42 Å². The number of hydrogen-bond acceptors (Lipinski definition) is 3. The molecular formula is C10H17NO3. The summed E-state index contributed by atoms with van der Waals surface area (Å²) < 4.78 is 0. The molecule has 0 aliphatic heterocycles. The van der Waals surface area contributed by atoms with Gasteiger partial charge in [-0.1, -0.05) is 27.7 Å². The van der Waals surface area contributed by atoms with Crippen LogP contribution in [0.1, 0.15) is 40.5 Å². The van der Waals surface area contributed by atoms with Crippen LogP contribution in [0.5, 0.6) is 0 Å². The maximum absolute atomic E-state index is 11.6. The number of carbonyl (C=O) groups excluding carboxylic acids is 1. The molecule has 0 aromatic heterocycles. The summed E-state index contributed by atoms with van der Waals surface area (Å²) in [5, 5.41) is 10.8. The summed E-state index contributed by atoms with van der Waals surface area (Å²) >= 11 is 0. The van der Waals surface area contributed by atoms with Gasteiger partial charge in [0, 0.05) is 16.8 Å². The van der Waals surface area contributed by atoms with Crippen LogP contribution in [0.3, 0.4) is 0 Å². The molecule has 1 rings (SSSR count). The number of nitrogens with zero attached hydrogens (tertiary/aromatic N) is 1. The largest absolute Gasteiger partial charge is 0.292 e. The van der Waals surface area contributed by atoms with E-state index in [-0.39, 0.29) is 11.2 Å². The van der Waals surface area contributed by atoms with Gasteiger partial charge in [-0.25, -0.2) is 0 Å². The molecule has 0 saturated heterocycles. The fraction of sp³-hybridized carbons (Fsp3) is 0.900. The summed E-state index contributed by atoms with van der Waals surface area (Å²) in [5.74, 6) is -0.226. The number of rotatable bonds is 1. The number of carbonyl (C=O) groups is 1. The third-order valence-electron chi connectivity index (χ3n) is 2.84. The molecule has 0 N–H and O–H groups in total. The third-order valence-corrected chi connectivity index (χ3v) is 2.84. The fourth-order valence-electron chi connectivity index (χ4n) is 2.80. The van der Waals surface area contributed by atoms with Crippen LogP contribution in [0.25, 0.3) is 0 Å². The highest BCUT2D eigenvalue weighted by Gasteiger charge is 2.52.